The van der Waals surface area contributed by atoms with Crippen molar-refractivity contribution in [3.05, 3.63) is 33.5 Å². The molecule has 0 rings (SSSR count). The van der Waals surface area contributed by atoms with Crippen molar-refractivity contribution in [2.75, 3.05) is 59.4 Å². The highest BCUT2D eigenvalue weighted by atomic mass is 31.2. The molecule has 0 saturated heterocycles. The molecule has 0 aromatic rings. The van der Waals surface area contributed by atoms with E-state index in [1.165, 1.54) is 115 Å². The molecule has 0 aromatic carbocycles. The van der Waals surface area contributed by atoms with Gasteiger partial charge in [0.2, 0.25) is 0 Å². The summed E-state index contributed by atoms with van der Waals surface area (Å²) in [4.78, 5) is 42.4. The summed E-state index contributed by atoms with van der Waals surface area (Å²) in [6.45, 7) is 17.6. The van der Waals surface area contributed by atoms with Crippen molar-refractivity contribution in [1.29, 1.82) is 0 Å². The van der Waals surface area contributed by atoms with E-state index in [2.05, 4.69) is 59.6 Å². The summed E-state index contributed by atoms with van der Waals surface area (Å²) in [5, 5.41) is 18.8. The summed E-state index contributed by atoms with van der Waals surface area (Å²) in [7, 11) is -4.09. The first-order chi connectivity index (χ1) is 39.2. The maximum Gasteiger partial charge on any atom is 0.475 e. The Morgan fingerprint density at radius 1 is 0.556 bits per heavy atom. The van der Waals surface area contributed by atoms with Gasteiger partial charge in [0, 0.05) is 42.1 Å². The third kappa shape index (κ3) is 56.8. The smallest absolute Gasteiger partial charge is 0.462 e. The number of aliphatic hydroxyl groups is 1. The molecule has 474 valence electrons. The molecule has 0 spiro atoms. The number of phosphoric ester groups is 1. The van der Waals surface area contributed by atoms with E-state index in [-0.39, 0.29) is 76.9 Å². The van der Waals surface area contributed by atoms with E-state index in [9.17, 15) is 18.9 Å². The SMILES string of the molecule is C=CCOP(=O)(OCCNC(=O)OC(C)(C)C)OC[C@@H](COCC[C@@H](CCCCCCC)OC(=O)CCCCCCCCCCC)N=[N+]=[N-].CCCCCCCCCCCC(=O)O[C@H](CCCCCCC)CCOC[C@H](CO)N=[N+]=[N-]. The predicted octanol–water partition coefficient (Wildman–Crippen LogP) is 17.4. The van der Waals surface area contributed by atoms with Crippen LogP contribution in [0.3, 0.4) is 0 Å². The minimum atomic E-state index is -4.09. The Labute approximate surface area is 490 Å². The van der Waals surface area contributed by atoms with Crippen molar-refractivity contribution >= 4 is 25.9 Å². The molecular formula is C60H116N7O13P. The lowest BCUT2D eigenvalue weighted by Gasteiger charge is -2.21. The number of nitrogens with one attached hydrogen (secondary N) is 1. The highest BCUT2D eigenvalue weighted by Crippen LogP contribution is 2.49. The maximum absolute atomic E-state index is 13.1. The number of carbonyl (C=O) groups is 3. The first kappa shape index (κ1) is 79.6. The predicted molar refractivity (Wildman–Crippen MR) is 324 cm³/mol. The van der Waals surface area contributed by atoms with Crippen molar-refractivity contribution in [2.45, 2.75) is 297 Å². The van der Waals surface area contributed by atoms with Gasteiger partial charge < -0.3 is 34.1 Å². The van der Waals surface area contributed by atoms with Gasteiger partial charge in [-0.25, -0.2) is 9.36 Å². The average Bonchev–Trinajstić information content (AvgIpc) is 3.43. The second-order valence-electron chi connectivity index (χ2n) is 22.0. The van der Waals surface area contributed by atoms with Gasteiger partial charge in [-0.3, -0.25) is 23.2 Å². The molecule has 5 atom stereocenters. The molecule has 20 nitrogen and oxygen atoms in total. The van der Waals surface area contributed by atoms with Crippen molar-refractivity contribution in [2.24, 2.45) is 10.2 Å². The van der Waals surface area contributed by atoms with Gasteiger partial charge in [-0.15, -0.1) is 6.58 Å². The van der Waals surface area contributed by atoms with Crippen LogP contribution < -0.4 is 5.32 Å². The summed E-state index contributed by atoms with van der Waals surface area (Å²) in [6.07, 6.45) is 37.2. The molecule has 0 saturated carbocycles. The molecule has 0 aliphatic carbocycles. The number of nitrogens with zero attached hydrogens (tertiary/aromatic N) is 6. The van der Waals surface area contributed by atoms with Crippen LogP contribution >= 0.6 is 7.82 Å². The Morgan fingerprint density at radius 3 is 1.35 bits per heavy atom. The van der Waals surface area contributed by atoms with Gasteiger partial charge >= 0.3 is 25.9 Å². The fourth-order valence-electron chi connectivity index (χ4n) is 8.43. The molecule has 21 heteroatoms. The Bertz CT molecular complexity index is 1650. The monoisotopic (exact) mass is 1170 g/mol. The summed E-state index contributed by atoms with van der Waals surface area (Å²) in [5.41, 5.74) is 16.9. The number of ether oxygens (including phenoxy) is 5. The van der Waals surface area contributed by atoms with Crippen LogP contribution in [0.25, 0.3) is 20.9 Å². The molecule has 0 radical (unpaired) electrons. The van der Waals surface area contributed by atoms with Crippen molar-refractivity contribution in [3.8, 4) is 0 Å². The van der Waals surface area contributed by atoms with E-state index in [1.807, 2.05) is 0 Å². The molecule has 2 N–H and O–H groups in total. The highest BCUT2D eigenvalue weighted by molar-refractivity contribution is 7.48. The van der Waals surface area contributed by atoms with Gasteiger partial charge in [0.05, 0.1) is 64.9 Å². The number of azide groups is 2. The molecule has 0 fully saturated rings. The Hall–Kier alpha value is -3.44. The lowest BCUT2D eigenvalue weighted by molar-refractivity contribution is -0.151. The number of hydrogen-bond donors (Lipinski definition) is 2. The molecule has 0 aromatic heterocycles. The average molecular weight is 1170 g/mol. The zero-order valence-corrected chi connectivity index (χ0v) is 52.9. The number of hydrogen-bond acceptors (Lipinski definition) is 15. The van der Waals surface area contributed by atoms with Gasteiger partial charge in [-0.2, -0.15) is 0 Å². The van der Waals surface area contributed by atoms with Crippen LogP contribution in [0.5, 0.6) is 0 Å². The normalized spacial score (nSPS) is 13.5. The van der Waals surface area contributed by atoms with Crippen LogP contribution in [-0.4, -0.2) is 112 Å². The topological polar surface area (TPSA) is 272 Å². The zero-order valence-electron chi connectivity index (χ0n) is 52.0. The molecule has 0 aliphatic heterocycles. The van der Waals surface area contributed by atoms with E-state index in [4.69, 9.17) is 53.4 Å². The van der Waals surface area contributed by atoms with E-state index in [0.29, 0.717) is 32.3 Å². The maximum atomic E-state index is 13.1. The molecule has 81 heavy (non-hydrogen) atoms. The van der Waals surface area contributed by atoms with Gasteiger partial charge in [0.15, 0.2) is 0 Å². The van der Waals surface area contributed by atoms with Crippen LogP contribution in [0.1, 0.15) is 267 Å². The van der Waals surface area contributed by atoms with Gasteiger partial charge in [-0.1, -0.05) is 198 Å². The number of amides is 1. The van der Waals surface area contributed by atoms with Gasteiger partial charge in [0.1, 0.15) is 17.8 Å². The first-order valence-electron chi connectivity index (χ1n) is 31.5. The number of phosphoric acid groups is 1. The van der Waals surface area contributed by atoms with E-state index in [1.54, 1.807) is 20.8 Å². The number of rotatable bonds is 57. The fourth-order valence-corrected chi connectivity index (χ4v) is 9.62. The second kappa shape index (κ2) is 58.3. The second-order valence-corrected chi connectivity index (χ2v) is 23.7. The Kier molecular flexibility index (Phi) is 57.3. The van der Waals surface area contributed by atoms with Crippen LogP contribution in [0.15, 0.2) is 22.9 Å². The lowest BCUT2D eigenvalue weighted by Crippen LogP contribution is -2.34. The Morgan fingerprint density at radius 2 is 0.951 bits per heavy atom. The molecule has 1 amide bonds. The highest BCUT2D eigenvalue weighted by Gasteiger charge is 2.28. The van der Waals surface area contributed by atoms with E-state index in [0.717, 1.165) is 83.5 Å². The third-order valence-electron chi connectivity index (χ3n) is 13.0. The van der Waals surface area contributed by atoms with Crippen LogP contribution in [0.2, 0.25) is 0 Å². The minimum Gasteiger partial charge on any atom is -0.462 e. The summed E-state index contributed by atoms with van der Waals surface area (Å²) in [6, 6.07) is -1.39. The zero-order chi connectivity index (χ0) is 60.3. The van der Waals surface area contributed by atoms with E-state index >= 15 is 0 Å². The third-order valence-corrected chi connectivity index (χ3v) is 14.5. The number of aliphatic hydroxyl groups excluding tert-OH is 1. The number of alkyl carbamates (subject to hydrolysis) is 1. The summed E-state index contributed by atoms with van der Waals surface area (Å²) in [5.74, 6) is -0.271. The summed E-state index contributed by atoms with van der Waals surface area (Å²) >= 11 is 0. The number of esters is 2. The molecular weight excluding hydrogens is 1060 g/mol. The van der Waals surface area contributed by atoms with Crippen LogP contribution in [0, 0.1) is 0 Å². The van der Waals surface area contributed by atoms with Gasteiger partial charge in [0.25, 0.3) is 0 Å². The van der Waals surface area contributed by atoms with Gasteiger partial charge in [-0.05, 0) is 70.4 Å². The molecule has 0 bridgehead atoms. The number of carbonyl (C=O) groups excluding carboxylic acids is 3. The summed E-state index contributed by atoms with van der Waals surface area (Å²) < 4.78 is 57.3. The van der Waals surface area contributed by atoms with E-state index < -0.39 is 31.6 Å². The quantitative estimate of drug-likeness (QED) is 0.00839. The number of unbranched alkanes of at least 4 members (excludes halogenated alkanes) is 24. The Balaban J connectivity index is 0. The molecule has 1 unspecified atom stereocenters. The standard InChI is InChI=1S/C35H67N4O9P.C25H49N3O4/c1-7-10-12-14-15-16-17-19-21-23-33(40)47-32(22-20-18-13-11-8-2)24-27-43-29-31(38-39-36)30-46-49(42,44-26-9-3)45-28-25-37-34(41)48-35(4,5)6;1-3-5-7-9-10-11-12-14-16-18-25(30)32-24(17-15-13-8-6-4-2)19-20-31-22-23(21-29)27-28-26/h9,31-32H,3,7-8,10-30H2,1-2,4-6H3,(H,37,41);23-24,29H,3-22H2,1-2H3/t31-,32-,49?;23-,24+/m10/s1. The first-order valence-corrected chi connectivity index (χ1v) is 33.0. The minimum absolute atomic E-state index is 0.00780. The van der Waals surface area contributed by atoms with Crippen molar-refractivity contribution in [1.82, 2.24) is 5.32 Å². The van der Waals surface area contributed by atoms with Crippen molar-refractivity contribution in [3.63, 3.8) is 0 Å². The van der Waals surface area contributed by atoms with Crippen molar-refractivity contribution < 1.29 is 61.3 Å². The molecule has 0 aliphatic rings. The van der Waals surface area contributed by atoms with Crippen LogP contribution in [0.4, 0.5) is 4.79 Å². The lowest BCUT2D eigenvalue weighted by atomic mass is 10.1. The fraction of sp³-hybridized carbons (Fsp3) is 0.917. The van der Waals surface area contributed by atoms with Crippen LogP contribution in [-0.2, 0) is 51.4 Å². The molecule has 0 heterocycles. The largest absolute Gasteiger partial charge is 0.475 e.